The molecule has 0 N–H and O–H groups in total. The van der Waals surface area contributed by atoms with Gasteiger partial charge in [0, 0.05) is 35.1 Å². The molecule has 0 unspecified atom stereocenters. The fourth-order valence-electron chi connectivity index (χ4n) is 3.31. The second-order valence-corrected chi connectivity index (χ2v) is 5.85. The third kappa shape index (κ3) is 2.38. The second-order valence-electron chi connectivity index (χ2n) is 5.85. The summed E-state index contributed by atoms with van der Waals surface area (Å²) < 4.78 is 15.2. The average molecular weight is 305 g/mol. The summed E-state index contributed by atoms with van der Waals surface area (Å²) in [5.41, 5.74) is 4.76. The topological polar surface area (TPSA) is 22.0 Å². The van der Waals surface area contributed by atoms with E-state index in [9.17, 15) is 9.18 Å². The molecule has 1 aliphatic carbocycles. The van der Waals surface area contributed by atoms with Gasteiger partial charge in [-0.05, 0) is 42.7 Å². The maximum atomic E-state index is 13.2. The van der Waals surface area contributed by atoms with E-state index in [4.69, 9.17) is 0 Å². The van der Waals surface area contributed by atoms with Crippen LogP contribution in [0.4, 0.5) is 4.39 Å². The van der Waals surface area contributed by atoms with E-state index in [-0.39, 0.29) is 11.6 Å². The van der Waals surface area contributed by atoms with E-state index in [1.54, 1.807) is 12.1 Å². The molecule has 0 atom stereocenters. The van der Waals surface area contributed by atoms with Gasteiger partial charge in [0.25, 0.3) is 0 Å². The largest absolute Gasteiger partial charge is 0.320 e. The van der Waals surface area contributed by atoms with Crippen molar-refractivity contribution in [2.24, 2.45) is 0 Å². The van der Waals surface area contributed by atoms with Crippen molar-refractivity contribution >= 4 is 5.78 Å². The third-order valence-corrected chi connectivity index (χ3v) is 4.39. The van der Waals surface area contributed by atoms with Crippen LogP contribution >= 0.6 is 0 Å². The number of carbonyl (C=O) groups is 1. The van der Waals surface area contributed by atoms with Gasteiger partial charge in [0.15, 0.2) is 5.78 Å². The number of ketones is 1. The van der Waals surface area contributed by atoms with Crippen molar-refractivity contribution < 1.29 is 9.18 Å². The lowest BCUT2D eigenvalue weighted by Gasteiger charge is -2.15. The molecule has 23 heavy (non-hydrogen) atoms. The summed E-state index contributed by atoms with van der Waals surface area (Å²) in [6, 6.07) is 16.4. The third-order valence-electron chi connectivity index (χ3n) is 4.39. The number of nitrogens with zero attached hydrogens (tertiary/aromatic N) is 1. The number of rotatable bonds is 2. The Morgan fingerprint density at radius 2 is 1.65 bits per heavy atom. The molecular formula is C20H16FNO. The van der Waals surface area contributed by atoms with Crippen molar-refractivity contribution in [2.45, 2.75) is 19.3 Å². The molecule has 114 valence electrons. The van der Waals surface area contributed by atoms with Gasteiger partial charge in [-0.3, -0.25) is 4.79 Å². The lowest BCUT2D eigenvalue weighted by Crippen LogP contribution is -2.12. The van der Waals surface area contributed by atoms with Crippen LogP contribution in [-0.2, 0) is 6.42 Å². The van der Waals surface area contributed by atoms with Gasteiger partial charge in [-0.1, -0.05) is 30.3 Å². The van der Waals surface area contributed by atoms with Gasteiger partial charge in [0.2, 0.25) is 0 Å². The SMILES string of the molecule is O=C1CCCc2c1c(-c1ccccc1)cn2-c1ccc(F)cc1. The monoisotopic (exact) mass is 305 g/mol. The van der Waals surface area contributed by atoms with E-state index in [0.29, 0.717) is 6.42 Å². The van der Waals surface area contributed by atoms with E-state index in [2.05, 4.69) is 0 Å². The average Bonchev–Trinajstić information content (AvgIpc) is 2.97. The molecule has 3 heteroatoms. The molecule has 2 aromatic carbocycles. The van der Waals surface area contributed by atoms with Crippen LogP contribution in [0.5, 0.6) is 0 Å². The zero-order valence-corrected chi connectivity index (χ0v) is 12.6. The molecule has 4 rings (SSSR count). The number of aromatic nitrogens is 1. The minimum absolute atomic E-state index is 0.200. The number of halogens is 1. The maximum absolute atomic E-state index is 13.2. The van der Waals surface area contributed by atoms with Crippen LogP contribution in [-0.4, -0.2) is 10.4 Å². The molecule has 3 aromatic rings. The molecule has 0 fully saturated rings. The normalized spacial score (nSPS) is 13.9. The van der Waals surface area contributed by atoms with Gasteiger partial charge < -0.3 is 4.57 Å². The Morgan fingerprint density at radius 3 is 2.39 bits per heavy atom. The number of Topliss-reactive ketones (excluding diaryl/α,β-unsaturated/α-hetero) is 1. The molecule has 0 saturated heterocycles. The number of hydrogen-bond acceptors (Lipinski definition) is 1. The standard InChI is InChI=1S/C20H16FNO/c21-15-9-11-16(12-10-15)22-13-17(14-5-2-1-3-6-14)20-18(22)7-4-8-19(20)23/h1-3,5-6,9-13H,4,7-8H2. The van der Waals surface area contributed by atoms with Crippen molar-refractivity contribution in [3.8, 4) is 16.8 Å². The number of benzene rings is 2. The maximum Gasteiger partial charge on any atom is 0.165 e. The Bertz CT molecular complexity index is 863. The Hall–Kier alpha value is -2.68. The van der Waals surface area contributed by atoms with Crippen LogP contribution in [0.2, 0.25) is 0 Å². The van der Waals surface area contributed by atoms with Gasteiger partial charge in [-0.25, -0.2) is 4.39 Å². The molecule has 0 bridgehead atoms. The van der Waals surface area contributed by atoms with Crippen LogP contribution in [0.3, 0.4) is 0 Å². The summed E-state index contributed by atoms with van der Waals surface area (Å²) in [7, 11) is 0. The zero-order chi connectivity index (χ0) is 15.8. The molecule has 1 aromatic heterocycles. The van der Waals surface area contributed by atoms with Crippen LogP contribution in [0.1, 0.15) is 28.9 Å². The summed E-state index contributed by atoms with van der Waals surface area (Å²) in [4.78, 5) is 12.5. The van der Waals surface area contributed by atoms with Gasteiger partial charge in [-0.2, -0.15) is 0 Å². The highest BCUT2D eigenvalue weighted by Gasteiger charge is 2.26. The molecule has 2 nitrogen and oxygen atoms in total. The van der Waals surface area contributed by atoms with Gasteiger partial charge in [-0.15, -0.1) is 0 Å². The highest BCUT2D eigenvalue weighted by molar-refractivity contribution is 6.04. The van der Waals surface area contributed by atoms with E-state index >= 15 is 0 Å². The lowest BCUT2D eigenvalue weighted by molar-refractivity contribution is 0.0973. The van der Waals surface area contributed by atoms with Crippen molar-refractivity contribution in [3.05, 3.63) is 77.9 Å². The first-order chi connectivity index (χ1) is 11.2. The smallest absolute Gasteiger partial charge is 0.165 e. The quantitative estimate of drug-likeness (QED) is 0.666. The number of hydrogen-bond donors (Lipinski definition) is 0. The van der Waals surface area contributed by atoms with Gasteiger partial charge >= 0.3 is 0 Å². The molecular weight excluding hydrogens is 289 g/mol. The first-order valence-electron chi connectivity index (χ1n) is 7.83. The van der Waals surface area contributed by atoms with Crippen LogP contribution < -0.4 is 0 Å². The predicted octanol–water partition coefficient (Wildman–Crippen LogP) is 4.80. The Morgan fingerprint density at radius 1 is 0.913 bits per heavy atom. The number of fused-ring (bicyclic) bond motifs is 1. The van der Waals surface area contributed by atoms with E-state index in [0.717, 1.165) is 40.9 Å². The summed E-state index contributed by atoms with van der Waals surface area (Å²) in [6.07, 6.45) is 4.34. The molecule has 0 radical (unpaired) electrons. The summed E-state index contributed by atoms with van der Waals surface area (Å²) in [5, 5.41) is 0. The molecule has 0 spiro atoms. The first-order valence-corrected chi connectivity index (χ1v) is 7.83. The van der Waals surface area contributed by atoms with Gasteiger partial charge in [0.05, 0.1) is 0 Å². The Kier molecular flexibility index (Phi) is 3.34. The molecule has 1 heterocycles. The minimum Gasteiger partial charge on any atom is -0.320 e. The fourth-order valence-corrected chi connectivity index (χ4v) is 3.31. The fraction of sp³-hybridized carbons (Fsp3) is 0.150. The minimum atomic E-state index is -0.255. The van der Waals surface area contributed by atoms with Crippen LogP contribution in [0.25, 0.3) is 16.8 Å². The van der Waals surface area contributed by atoms with Gasteiger partial charge in [0.1, 0.15) is 5.82 Å². The molecule has 0 saturated carbocycles. The highest BCUT2D eigenvalue weighted by atomic mass is 19.1. The summed E-state index contributed by atoms with van der Waals surface area (Å²) in [5.74, 6) is -0.0555. The Labute approximate surface area is 134 Å². The summed E-state index contributed by atoms with van der Waals surface area (Å²) >= 11 is 0. The van der Waals surface area contributed by atoms with Crippen LogP contribution in [0.15, 0.2) is 60.8 Å². The first kappa shape index (κ1) is 13.9. The van der Waals surface area contributed by atoms with Crippen molar-refractivity contribution in [1.29, 1.82) is 0 Å². The molecule has 0 amide bonds. The van der Waals surface area contributed by atoms with E-state index in [1.165, 1.54) is 12.1 Å². The lowest BCUT2D eigenvalue weighted by atomic mass is 9.91. The zero-order valence-electron chi connectivity index (χ0n) is 12.6. The van der Waals surface area contributed by atoms with Crippen LogP contribution in [0, 0.1) is 5.82 Å². The van der Waals surface area contributed by atoms with Crippen molar-refractivity contribution in [3.63, 3.8) is 0 Å². The molecule has 0 aliphatic heterocycles. The van der Waals surface area contributed by atoms with E-state index in [1.807, 2.05) is 41.1 Å². The molecule has 1 aliphatic rings. The summed E-state index contributed by atoms with van der Waals surface area (Å²) in [6.45, 7) is 0. The number of carbonyl (C=O) groups excluding carboxylic acids is 1. The van der Waals surface area contributed by atoms with E-state index < -0.39 is 0 Å². The second kappa shape index (κ2) is 5.51. The highest BCUT2D eigenvalue weighted by Crippen LogP contribution is 2.35. The Balaban J connectivity index is 1.94. The van der Waals surface area contributed by atoms with Crippen molar-refractivity contribution in [1.82, 2.24) is 4.57 Å². The van der Waals surface area contributed by atoms with Crippen molar-refractivity contribution in [2.75, 3.05) is 0 Å². The predicted molar refractivity (Wildman–Crippen MR) is 88.4 cm³/mol.